The summed E-state index contributed by atoms with van der Waals surface area (Å²) >= 11 is 0. The summed E-state index contributed by atoms with van der Waals surface area (Å²) < 4.78 is 5.14. The summed E-state index contributed by atoms with van der Waals surface area (Å²) in [5.41, 5.74) is 0.572. The molecule has 2 aliphatic rings. The lowest BCUT2D eigenvalue weighted by Crippen LogP contribution is -2.51. The fraction of sp³-hybridized carbons (Fsp3) is 0.375. The third kappa shape index (κ3) is 4.44. The van der Waals surface area contributed by atoms with E-state index in [1.165, 1.54) is 31.4 Å². The zero-order valence-corrected chi connectivity index (χ0v) is 18.3. The number of imide groups is 1. The lowest BCUT2D eigenvalue weighted by molar-refractivity contribution is -0.384. The number of nitrogens with zero attached hydrogens (tertiary/aromatic N) is 3. The Morgan fingerprint density at radius 2 is 1.67 bits per heavy atom. The van der Waals surface area contributed by atoms with E-state index in [1.54, 1.807) is 29.2 Å². The normalized spacial score (nSPS) is 18.9. The van der Waals surface area contributed by atoms with E-state index in [4.69, 9.17) is 4.74 Å². The van der Waals surface area contributed by atoms with Gasteiger partial charge in [0.25, 0.3) is 17.5 Å². The number of ether oxygens (including phenoxy) is 1. The standard InChI is InChI=1S/C24H25N3O6/c1-33-20-13-11-18(12-14-20)26-22(28)15-21(24(26)30)25(17-5-3-2-4-6-17)23(29)16-7-9-19(10-8-16)27(31)32/h7-14,17,21H,2-6,15H2,1H3. The number of non-ortho nitro benzene ring substituents is 1. The molecular weight excluding hydrogens is 426 g/mol. The van der Waals surface area contributed by atoms with Crippen LogP contribution in [0.15, 0.2) is 48.5 Å². The molecule has 1 atom stereocenters. The Bertz CT molecular complexity index is 1060. The number of methoxy groups -OCH3 is 1. The van der Waals surface area contributed by atoms with Crippen molar-refractivity contribution in [1.29, 1.82) is 0 Å². The van der Waals surface area contributed by atoms with Gasteiger partial charge in [0, 0.05) is 23.7 Å². The van der Waals surface area contributed by atoms with Crippen LogP contribution in [-0.2, 0) is 9.59 Å². The first kappa shape index (κ1) is 22.4. The minimum atomic E-state index is -0.912. The van der Waals surface area contributed by atoms with Gasteiger partial charge in [-0.05, 0) is 49.2 Å². The SMILES string of the molecule is COc1ccc(N2C(=O)CC(N(C(=O)c3ccc([N+](=O)[O-])cc3)C3CCCCC3)C2=O)cc1. The Morgan fingerprint density at radius 3 is 2.24 bits per heavy atom. The minimum Gasteiger partial charge on any atom is -0.497 e. The van der Waals surface area contributed by atoms with Crippen LogP contribution in [0.2, 0.25) is 0 Å². The van der Waals surface area contributed by atoms with E-state index in [1.807, 2.05) is 0 Å². The molecule has 0 aromatic heterocycles. The summed E-state index contributed by atoms with van der Waals surface area (Å²) in [6, 6.07) is 10.9. The van der Waals surface area contributed by atoms with Gasteiger partial charge in [-0.15, -0.1) is 0 Å². The van der Waals surface area contributed by atoms with Gasteiger partial charge in [-0.2, -0.15) is 0 Å². The molecule has 1 saturated carbocycles. The molecule has 1 unspecified atom stereocenters. The third-order valence-corrected chi connectivity index (χ3v) is 6.32. The number of amides is 3. The van der Waals surface area contributed by atoms with Crippen molar-refractivity contribution in [1.82, 2.24) is 4.90 Å². The van der Waals surface area contributed by atoms with Gasteiger partial charge in [-0.25, -0.2) is 4.90 Å². The molecule has 0 N–H and O–H groups in total. The highest BCUT2D eigenvalue weighted by Gasteiger charge is 2.46. The number of nitro groups is 1. The van der Waals surface area contributed by atoms with E-state index in [0.717, 1.165) is 37.0 Å². The van der Waals surface area contributed by atoms with Crippen LogP contribution in [0.1, 0.15) is 48.9 Å². The molecule has 4 rings (SSSR count). The van der Waals surface area contributed by atoms with E-state index >= 15 is 0 Å². The van der Waals surface area contributed by atoms with Crippen LogP contribution in [-0.4, -0.2) is 46.7 Å². The largest absolute Gasteiger partial charge is 0.497 e. The molecule has 9 heteroatoms. The van der Waals surface area contributed by atoms with Gasteiger partial charge >= 0.3 is 0 Å². The van der Waals surface area contributed by atoms with Crippen molar-refractivity contribution in [3.63, 3.8) is 0 Å². The second kappa shape index (κ2) is 9.40. The molecule has 2 aromatic rings. The Balaban J connectivity index is 1.65. The van der Waals surface area contributed by atoms with Crippen molar-refractivity contribution in [2.45, 2.75) is 50.6 Å². The van der Waals surface area contributed by atoms with Crippen molar-refractivity contribution in [3.8, 4) is 5.75 Å². The Hall–Kier alpha value is -3.75. The highest BCUT2D eigenvalue weighted by Crippen LogP contribution is 2.33. The van der Waals surface area contributed by atoms with E-state index in [2.05, 4.69) is 0 Å². The predicted molar refractivity (Wildman–Crippen MR) is 120 cm³/mol. The number of carbonyl (C=O) groups excluding carboxylic acids is 3. The minimum absolute atomic E-state index is 0.0971. The van der Waals surface area contributed by atoms with Crippen LogP contribution in [0.4, 0.5) is 11.4 Å². The number of hydrogen-bond donors (Lipinski definition) is 0. The molecule has 172 valence electrons. The lowest BCUT2D eigenvalue weighted by Gasteiger charge is -2.37. The van der Waals surface area contributed by atoms with Gasteiger partial charge in [-0.1, -0.05) is 19.3 Å². The van der Waals surface area contributed by atoms with Crippen LogP contribution < -0.4 is 9.64 Å². The summed E-state index contributed by atoms with van der Waals surface area (Å²) in [6.07, 6.45) is 4.33. The molecular formula is C24H25N3O6. The van der Waals surface area contributed by atoms with Crippen molar-refractivity contribution in [2.24, 2.45) is 0 Å². The average Bonchev–Trinajstić information content (AvgIpc) is 3.13. The van der Waals surface area contributed by atoms with Crippen molar-refractivity contribution < 1.29 is 24.0 Å². The molecule has 2 fully saturated rings. The first-order chi connectivity index (χ1) is 15.9. The van der Waals surface area contributed by atoms with Gasteiger partial charge in [0.15, 0.2) is 0 Å². The summed E-state index contributed by atoms with van der Waals surface area (Å²) in [5, 5.41) is 11.0. The topological polar surface area (TPSA) is 110 Å². The molecule has 0 spiro atoms. The quantitative estimate of drug-likeness (QED) is 0.376. The van der Waals surface area contributed by atoms with E-state index in [-0.39, 0.29) is 35.5 Å². The molecule has 2 aromatic carbocycles. The van der Waals surface area contributed by atoms with Crippen molar-refractivity contribution >= 4 is 29.1 Å². The summed E-state index contributed by atoms with van der Waals surface area (Å²) in [7, 11) is 1.53. The second-order valence-corrected chi connectivity index (χ2v) is 8.29. The molecule has 3 amide bonds. The third-order valence-electron chi connectivity index (χ3n) is 6.32. The molecule has 0 radical (unpaired) electrons. The van der Waals surface area contributed by atoms with Gasteiger partial charge in [0.1, 0.15) is 11.8 Å². The average molecular weight is 451 g/mol. The van der Waals surface area contributed by atoms with Gasteiger partial charge in [0.2, 0.25) is 5.91 Å². The Labute approximate surface area is 191 Å². The summed E-state index contributed by atoms with van der Waals surface area (Å²) in [6.45, 7) is 0. The first-order valence-corrected chi connectivity index (χ1v) is 11.0. The summed E-state index contributed by atoms with van der Waals surface area (Å²) in [5.74, 6) is -0.593. The second-order valence-electron chi connectivity index (χ2n) is 8.29. The summed E-state index contributed by atoms with van der Waals surface area (Å²) in [4.78, 5) is 53.0. The van der Waals surface area contributed by atoms with Crippen LogP contribution in [0, 0.1) is 10.1 Å². The Morgan fingerprint density at radius 1 is 1.03 bits per heavy atom. The van der Waals surface area contributed by atoms with Crippen LogP contribution in [0.5, 0.6) is 5.75 Å². The molecule has 1 aliphatic heterocycles. The van der Waals surface area contributed by atoms with Crippen molar-refractivity contribution in [3.05, 3.63) is 64.2 Å². The van der Waals surface area contributed by atoms with Crippen molar-refractivity contribution in [2.75, 3.05) is 12.0 Å². The lowest BCUT2D eigenvalue weighted by atomic mass is 9.92. The maximum Gasteiger partial charge on any atom is 0.269 e. The number of rotatable bonds is 6. The Kier molecular flexibility index (Phi) is 6.39. The number of benzene rings is 2. The van der Waals surface area contributed by atoms with Crippen LogP contribution in [0.25, 0.3) is 0 Å². The first-order valence-electron chi connectivity index (χ1n) is 11.0. The van der Waals surface area contributed by atoms with Crippen LogP contribution >= 0.6 is 0 Å². The van der Waals surface area contributed by atoms with Gasteiger partial charge < -0.3 is 9.64 Å². The number of hydrogen-bond acceptors (Lipinski definition) is 6. The van der Waals surface area contributed by atoms with E-state index < -0.39 is 16.9 Å². The zero-order chi connectivity index (χ0) is 23.5. The van der Waals surface area contributed by atoms with E-state index in [0.29, 0.717) is 11.4 Å². The predicted octanol–water partition coefficient (Wildman–Crippen LogP) is 3.71. The highest BCUT2D eigenvalue weighted by atomic mass is 16.6. The molecule has 33 heavy (non-hydrogen) atoms. The van der Waals surface area contributed by atoms with Crippen LogP contribution in [0.3, 0.4) is 0 Å². The maximum atomic E-state index is 13.5. The van der Waals surface area contributed by atoms with Gasteiger partial charge in [-0.3, -0.25) is 24.5 Å². The fourth-order valence-electron chi connectivity index (χ4n) is 4.63. The number of carbonyl (C=O) groups is 3. The molecule has 9 nitrogen and oxygen atoms in total. The number of anilines is 1. The molecule has 0 bridgehead atoms. The monoisotopic (exact) mass is 451 g/mol. The smallest absolute Gasteiger partial charge is 0.269 e. The van der Waals surface area contributed by atoms with E-state index in [9.17, 15) is 24.5 Å². The number of nitro benzene ring substituents is 1. The molecule has 1 heterocycles. The van der Waals surface area contributed by atoms with Gasteiger partial charge in [0.05, 0.1) is 24.1 Å². The maximum absolute atomic E-state index is 13.5. The molecule has 1 saturated heterocycles. The molecule has 1 aliphatic carbocycles. The highest BCUT2D eigenvalue weighted by molar-refractivity contribution is 6.23. The zero-order valence-electron chi connectivity index (χ0n) is 18.3. The fourth-order valence-corrected chi connectivity index (χ4v) is 4.63.